The van der Waals surface area contributed by atoms with Gasteiger partial charge in [0.05, 0.1) is 17.3 Å². The number of fused-ring (bicyclic) bond motifs is 2. The largest absolute Gasteiger partial charge is 0.296 e. The van der Waals surface area contributed by atoms with Crippen LogP contribution in [0.25, 0.3) is 27.8 Å². The highest BCUT2D eigenvalue weighted by molar-refractivity contribution is 5.77. The number of aromatic nitrogens is 6. The van der Waals surface area contributed by atoms with Gasteiger partial charge in [0, 0.05) is 24.2 Å². The third kappa shape index (κ3) is 2.98. The van der Waals surface area contributed by atoms with Gasteiger partial charge in [-0.3, -0.25) is 9.89 Å². The number of nitrogens with zero attached hydrogens (tertiary/aromatic N) is 5. The molecule has 0 spiro atoms. The van der Waals surface area contributed by atoms with Crippen molar-refractivity contribution in [2.24, 2.45) is 0 Å². The Bertz CT molecular complexity index is 1380. The minimum absolute atomic E-state index is 0.0371. The Kier molecular flexibility index (Phi) is 3.97. The maximum atomic E-state index is 13.3. The van der Waals surface area contributed by atoms with Gasteiger partial charge in [0.15, 0.2) is 5.65 Å². The lowest BCUT2D eigenvalue weighted by molar-refractivity contribution is 0.484. The number of hydrogen-bond donors (Lipinski definition) is 1. The summed E-state index contributed by atoms with van der Waals surface area (Å²) in [6.07, 6.45) is 2.22. The van der Waals surface area contributed by atoms with Gasteiger partial charge in [-0.1, -0.05) is 29.5 Å². The summed E-state index contributed by atoms with van der Waals surface area (Å²) in [6.45, 7) is 2.02. The van der Waals surface area contributed by atoms with Crippen LogP contribution < -0.4 is 5.56 Å². The molecule has 0 bridgehead atoms. The van der Waals surface area contributed by atoms with E-state index in [0.717, 1.165) is 22.2 Å². The Morgan fingerprint density at radius 3 is 2.76 bits per heavy atom. The lowest BCUT2D eigenvalue weighted by Gasteiger charge is -2.12. The molecule has 0 fully saturated rings. The first-order chi connectivity index (χ1) is 14.1. The fourth-order valence-electron chi connectivity index (χ4n) is 3.58. The van der Waals surface area contributed by atoms with Gasteiger partial charge >= 0.3 is 0 Å². The van der Waals surface area contributed by atoms with E-state index in [-0.39, 0.29) is 17.4 Å². The number of hydrogen-bond acceptors (Lipinski definition) is 4. The van der Waals surface area contributed by atoms with Crippen LogP contribution in [0.5, 0.6) is 0 Å². The Labute approximate surface area is 164 Å². The van der Waals surface area contributed by atoms with Gasteiger partial charge < -0.3 is 0 Å². The summed E-state index contributed by atoms with van der Waals surface area (Å²) in [7, 11) is 0. The van der Waals surface area contributed by atoms with Gasteiger partial charge in [-0.25, -0.2) is 18.6 Å². The highest BCUT2D eigenvalue weighted by atomic mass is 19.1. The molecule has 1 atom stereocenters. The van der Waals surface area contributed by atoms with Crippen molar-refractivity contribution in [3.05, 3.63) is 82.7 Å². The molecule has 0 saturated carbocycles. The molecule has 8 heteroatoms. The second-order valence-corrected chi connectivity index (χ2v) is 7.01. The summed E-state index contributed by atoms with van der Waals surface area (Å²) in [6, 6.07) is 15.3. The molecule has 2 aromatic carbocycles. The van der Waals surface area contributed by atoms with Gasteiger partial charge in [-0.15, -0.1) is 5.10 Å². The molecule has 1 N–H and O–H groups in total. The molecular formula is C21H17FN6O. The molecule has 0 amide bonds. The van der Waals surface area contributed by atoms with E-state index < -0.39 is 0 Å². The minimum Gasteiger partial charge on any atom is -0.296 e. The minimum atomic E-state index is -0.312. The molecule has 3 aromatic heterocycles. The van der Waals surface area contributed by atoms with Crippen LogP contribution in [0.2, 0.25) is 0 Å². The van der Waals surface area contributed by atoms with Crippen LogP contribution in [0.15, 0.2) is 65.6 Å². The summed E-state index contributed by atoms with van der Waals surface area (Å²) in [5, 5.41) is 11.4. The van der Waals surface area contributed by atoms with Crippen molar-refractivity contribution in [2.75, 3.05) is 0 Å². The van der Waals surface area contributed by atoms with E-state index in [1.807, 2.05) is 35.9 Å². The monoisotopic (exact) mass is 388 g/mol. The third-order valence-electron chi connectivity index (χ3n) is 5.01. The first-order valence-electron chi connectivity index (χ1n) is 9.26. The Morgan fingerprint density at radius 2 is 1.93 bits per heavy atom. The van der Waals surface area contributed by atoms with E-state index in [9.17, 15) is 9.18 Å². The van der Waals surface area contributed by atoms with E-state index in [1.54, 1.807) is 18.3 Å². The molecule has 7 nitrogen and oxygen atoms in total. The van der Waals surface area contributed by atoms with Crippen molar-refractivity contribution in [3.63, 3.8) is 0 Å². The van der Waals surface area contributed by atoms with Crippen molar-refractivity contribution < 1.29 is 4.39 Å². The summed E-state index contributed by atoms with van der Waals surface area (Å²) in [5.41, 5.74) is 4.25. The second-order valence-electron chi connectivity index (χ2n) is 7.01. The van der Waals surface area contributed by atoms with Crippen molar-refractivity contribution in [2.45, 2.75) is 19.4 Å². The number of nitrogens with one attached hydrogen (secondary N) is 1. The van der Waals surface area contributed by atoms with Crippen LogP contribution in [0.3, 0.4) is 0 Å². The van der Waals surface area contributed by atoms with Gasteiger partial charge in [0.2, 0.25) is 0 Å². The zero-order chi connectivity index (χ0) is 20.0. The third-order valence-corrected chi connectivity index (χ3v) is 5.01. The van der Waals surface area contributed by atoms with Crippen LogP contribution >= 0.6 is 0 Å². The van der Waals surface area contributed by atoms with Crippen molar-refractivity contribution in [1.82, 2.24) is 29.6 Å². The Balaban J connectivity index is 1.54. The van der Waals surface area contributed by atoms with Gasteiger partial charge in [0.1, 0.15) is 11.3 Å². The van der Waals surface area contributed by atoms with Gasteiger partial charge in [-0.2, -0.15) is 0 Å². The molecule has 0 aliphatic heterocycles. The van der Waals surface area contributed by atoms with E-state index in [1.165, 1.54) is 22.7 Å². The second kappa shape index (κ2) is 6.66. The quantitative estimate of drug-likeness (QED) is 0.512. The summed E-state index contributed by atoms with van der Waals surface area (Å²) >= 11 is 0. The average Bonchev–Trinajstić information content (AvgIpc) is 3.33. The zero-order valence-electron chi connectivity index (χ0n) is 15.6. The maximum Gasteiger partial charge on any atom is 0.272 e. The Hall–Kier alpha value is -3.81. The first kappa shape index (κ1) is 17.3. The number of H-pyrrole nitrogens is 1. The van der Waals surface area contributed by atoms with Crippen molar-refractivity contribution in [1.29, 1.82) is 0 Å². The van der Waals surface area contributed by atoms with Crippen LogP contribution in [-0.2, 0) is 6.42 Å². The van der Waals surface area contributed by atoms with Crippen molar-refractivity contribution in [3.8, 4) is 11.1 Å². The normalized spacial score (nSPS) is 12.6. The number of halogens is 1. The molecular weight excluding hydrogens is 371 g/mol. The predicted molar refractivity (Wildman–Crippen MR) is 107 cm³/mol. The number of para-hydroxylation sites is 1. The lowest BCUT2D eigenvalue weighted by Crippen LogP contribution is -2.18. The highest BCUT2D eigenvalue weighted by Crippen LogP contribution is 2.24. The Morgan fingerprint density at radius 1 is 1.14 bits per heavy atom. The smallest absolute Gasteiger partial charge is 0.272 e. The molecule has 0 radical (unpaired) electrons. The first-order valence-corrected chi connectivity index (χ1v) is 9.26. The zero-order valence-corrected chi connectivity index (χ0v) is 15.6. The van der Waals surface area contributed by atoms with E-state index in [4.69, 9.17) is 4.98 Å². The van der Waals surface area contributed by atoms with Gasteiger partial charge in [-0.05, 0) is 36.8 Å². The number of rotatable bonds is 4. The molecule has 0 aliphatic carbocycles. The number of aromatic amines is 1. The van der Waals surface area contributed by atoms with Gasteiger partial charge in [0.25, 0.3) is 5.56 Å². The molecule has 0 unspecified atom stereocenters. The molecule has 144 valence electrons. The summed E-state index contributed by atoms with van der Waals surface area (Å²) in [4.78, 5) is 17.3. The predicted octanol–water partition coefficient (Wildman–Crippen LogP) is 3.38. The molecule has 3 heterocycles. The molecule has 5 aromatic rings. The molecule has 0 aliphatic rings. The summed E-state index contributed by atoms with van der Waals surface area (Å²) < 4.78 is 16.5. The van der Waals surface area contributed by atoms with E-state index in [2.05, 4.69) is 15.4 Å². The van der Waals surface area contributed by atoms with Crippen LogP contribution in [-0.4, -0.2) is 29.6 Å². The van der Waals surface area contributed by atoms with E-state index in [0.29, 0.717) is 17.8 Å². The highest BCUT2D eigenvalue weighted by Gasteiger charge is 2.15. The number of benzene rings is 2. The molecule has 0 saturated heterocycles. The van der Waals surface area contributed by atoms with E-state index >= 15 is 0 Å². The standard InChI is InChI=1S/C21H17FN6O/c1-13(27-19-5-3-2-4-18(19)25-26-27)10-16-11-20(29)28-21(24-16)17(12-23-28)14-6-8-15(22)9-7-14/h2-9,11-13,23H,10H2,1H3/t13-/m1/s1. The summed E-state index contributed by atoms with van der Waals surface area (Å²) in [5.74, 6) is -0.312. The topological polar surface area (TPSA) is 80.9 Å². The van der Waals surface area contributed by atoms with Crippen LogP contribution in [0, 0.1) is 5.82 Å². The lowest BCUT2D eigenvalue weighted by atomic mass is 10.1. The van der Waals surface area contributed by atoms with Crippen molar-refractivity contribution >= 4 is 16.7 Å². The fourth-order valence-corrected chi connectivity index (χ4v) is 3.58. The SMILES string of the molecule is C[C@H](Cc1cc(=O)n2[nH]cc(-c3ccc(F)cc3)c2n1)n1nnc2ccccc21. The maximum absolute atomic E-state index is 13.3. The average molecular weight is 388 g/mol. The van der Waals surface area contributed by atoms with Crippen LogP contribution in [0.1, 0.15) is 18.7 Å². The van der Waals surface area contributed by atoms with Crippen LogP contribution in [0.4, 0.5) is 4.39 Å². The fraction of sp³-hybridized carbons (Fsp3) is 0.143. The molecule has 29 heavy (non-hydrogen) atoms. The molecule has 5 rings (SSSR count).